The quantitative estimate of drug-likeness (QED) is 0.226. The predicted molar refractivity (Wildman–Crippen MR) is 121 cm³/mol. The van der Waals surface area contributed by atoms with Gasteiger partial charge in [-0.25, -0.2) is 4.98 Å². The van der Waals surface area contributed by atoms with Crippen LogP contribution in [-0.4, -0.2) is 28.0 Å². The Labute approximate surface area is 196 Å². The van der Waals surface area contributed by atoms with Gasteiger partial charge in [-0.05, 0) is 31.4 Å². The normalized spacial score (nSPS) is 13.3. The summed E-state index contributed by atoms with van der Waals surface area (Å²) in [6.07, 6.45) is -1.01. The number of aryl methyl sites for hydroxylation is 1. The molecule has 2 aromatic heterocycles. The van der Waals surface area contributed by atoms with E-state index in [1.165, 1.54) is 0 Å². The minimum atomic E-state index is -4.85. The van der Waals surface area contributed by atoms with Crippen molar-refractivity contribution in [2.24, 2.45) is 0 Å². The zero-order valence-corrected chi connectivity index (χ0v) is 18.8. The third-order valence-corrected chi connectivity index (χ3v) is 5.05. The summed E-state index contributed by atoms with van der Waals surface area (Å²) in [6.45, 7) is 9.05. The van der Waals surface area contributed by atoms with Gasteiger partial charge in [0.25, 0.3) is 11.8 Å². The fourth-order valence-corrected chi connectivity index (χ4v) is 3.17. The first-order valence-corrected chi connectivity index (χ1v) is 10.7. The van der Waals surface area contributed by atoms with Crippen molar-refractivity contribution in [3.63, 3.8) is 0 Å². The van der Waals surface area contributed by atoms with E-state index in [2.05, 4.69) is 28.3 Å². The van der Waals surface area contributed by atoms with Crippen molar-refractivity contribution >= 4 is 0 Å². The van der Waals surface area contributed by atoms with Gasteiger partial charge in [0, 0.05) is 12.0 Å². The van der Waals surface area contributed by atoms with Crippen molar-refractivity contribution < 1.29 is 27.1 Å². The number of aromatic nitrogens is 3. The monoisotopic (exact) mass is 473 g/mol. The van der Waals surface area contributed by atoms with Gasteiger partial charge < -0.3 is 13.9 Å². The molecule has 0 N–H and O–H groups in total. The largest absolute Gasteiger partial charge is 0.477 e. The highest BCUT2D eigenvalue weighted by Gasteiger charge is 2.60. The second-order valence-electron chi connectivity index (χ2n) is 7.60. The summed E-state index contributed by atoms with van der Waals surface area (Å²) < 4.78 is 59.6. The number of halogens is 3. The summed E-state index contributed by atoms with van der Waals surface area (Å²) in [5.74, 6) is -0.552. The number of unbranched alkanes of at least 4 members (excludes halogenated alkanes) is 1. The van der Waals surface area contributed by atoms with Gasteiger partial charge in [-0.2, -0.15) is 13.2 Å². The summed E-state index contributed by atoms with van der Waals surface area (Å²) >= 11 is 0. The Morgan fingerprint density at radius 1 is 1.03 bits per heavy atom. The van der Waals surface area contributed by atoms with Crippen LogP contribution >= 0.6 is 0 Å². The SMILES string of the molecule is C=CCCCOc1nc(-c2nnc(C(CC=C)(OCc3ccccc3)C(F)(F)F)o2)ccc1C. The van der Waals surface area contributed by atoms with Gasteiger partial charge in [0.2, 0.25) is 11.5 Å². The van der Waals surface area contributed by atoms with Crippen molar-refractivity contribution in [2.45, 2.75) is 44.6 Å². The molecular weight excluding hydrogens is 447 g/mol. The molecule has 1 unspecified atom stereocenters. The first kappa shape index (κ1) is 25.2. The fraction of sp³-hybridized carbons (Fsp3) is 0.320. The standard InChI is InChI=1S/C25H26F3N3O3/c1-4-6-10-16-32-21-18(3)13-14-20(29-21)22-30-31-23(34-22)24(15-5-2,25(26,27)28)33-17-19-11-8-7-9-12-19/h4-5,7-9,11-14H,1-2,6,10,15-17H2,3H3. The van der Waals surface area contributed by atoms with Crippen LogP contribution < -0.4 is 4.74 Å². The highest BCUT2D eigenvalue weighted by molar-refractivity contribution is 5.49. The van der Waals surface area contributed by atoms with Gasteiger partial charge in [-0.3, -0.25) is 0 Å². The Morgan fingerprint density at radius 2 is 1.79 bits per heavy atom. The second-order valence-corrected chi connectivity index (χ2v) is 7.60. The van der Waals surface area contributed by atoms with Gasteiger partial charge in [0.1, 0.15) is 5.69 Å². The number of hydrogen-bond acceptors (Lipinski definition) is 6. The number of hydrogen-bond donors (Lipinski definition) is 0. The maximum atomic E-state index is 14.3. The van der Waals surface area contributed by atoms with Crippen LogP contribution in [0.4, 0.5) is 13.2 Å². The average Bonchev–Trinajstić information content (AvgIpc) is 3.31. The van der Waals surface area contributed by atoms with Crippen LogP contribution in [0.25, 0.3) is 11.6 Å². The van der Waals surface area contributed by atoms with E-state index < -0.39 is 24.1 Å². The van der Waals surface area contributed by atoms with Crippen molar-refractivity contribution in [3.8, 4) is 17.5 Å². The molecule has 0 saturated carbocycles. The number of allylic oxidation sites excluding steroid dienone is 1. The van der Waals surface area contributed by atoms with E-state index >= 15 is 0 Å². The number of benzene rings is 1. The third kappa shape index (κ3) is 5.72. The van der Waals surface area contributed by atoms with Crippen molar-refractivity contribution in [2.75, 3.05) is 6.61 Å². The summed E-state index contributed by atoms with van der Waals surface area (Å²) in [6, 6.07) is 11.8. The van der Waals surface area contributed by atoms with E-state index in [9.17, 15) is 13.2 Å². The van der Waals surface area contributed by atoms with Crippen LogP contribution in [0.5, 0.6) is 5.88 Å². The maximum Gasteiger partial charge on any atom is 0.426 e. The highest BCUT2D eigenvalue weighted by atomic mass is 19.4. The molecule has 0 amide bonds. The second kappa shape index (κ2) is 11.1. The molecule has 0 fully saturated rings. The smallest absolute Gasteiger partial charge is 0.426 e. The molecule has 0 aliphatic carbocycles. The van der Waals surface area contributed by atoms with Crippen LogP contribution in [0.15, 0.2) is 72.2 Å². The van der Waals surface area contributed by atoms with Crippen molar-refractivity contribution in [1.82, 2.24) is 15.2 Å². The lowest BCUT2D eigenvalue weighted by molar-refractivity contribution is -0.295. The lowest BCUT2D eigenvalue weighted by Crippen LogP contribution is -2.45. The average molecular weight is 473 g/mol. The molecule has 0 bridgehead atoms. The summed E-state index contributed by atoms with van der Waals surface area (Å²) in [5, 5.41) is 7.52. The summed E-state index contributed by atoms with van der Waals surface area (Å²) in [4.78, 5) is 4.35. The molecule has 2 heterocycles. The van der Waals surface area contributed by atoms with Gasteiger partial charge in [-0.1, -0.05) is 48.6 Å². The van der Waals surface area contributed by atoms with Gasteiger partial charge in [0.05, 0.1) is 13.2 Å². The van der Waals surface area contributed by atoms with E-state index in [-0.39, 0.29) is 18.2 Å². The lowest BCUT2D eigenvalue weighted by atomic mass is 9.98. The molecule has 1 aromatic carbocycles. The molecule has 0 aliphatic heterocycles. The lowest BCUT2D eigenvalue weighted by Gasteiger charge is -2.31. The molecule has 6 nitrogen and oxygen atoms in total. The zero-order valence-electron chi connectivity index (χ0n) is 18.8. The number of ether oxygens (including phenoxy) is 2. The summed E-state index contributed by atoms with van der Waals surface area (Å²) in [7, 11) is 0. The molecule has 34 heavy (non-hydrogen) atoms. The molecule has 3 aromatic rings. The Morgan fingerprint density at radius 3 is 2.47 bits per heavy atom. The molecule has 0 aliphatic rings. The minimum Gasteiger partial charge on any atom is -0.477 e. The molecule has 180 valence electrons. The van der Waals surface area contributed by atoms with Crippen LogP contribution in [0.3, 0.4) is 0 Å². The zero-order chi connectivity index (χ0) is 24.6. The van der Waals surface area contributed by atoms with Crippen LogP contribution in [0, 0.1) is 6.92 Å². The van der Waals surface area contributed by atoms with Crippen molar-refractivity contribution in [3.05, 3.63) is 84.8 Å². The van der Waals surface area contributed by atoms with Crippen LogP contribution in [-0.2, 0) is 16.9 Å². The van der Waals surface area contributed by atoms with Crippen LogP contribution in [0.2, 0.25) is 0 Å². The fourth-order valence-electron chi connectivity index (χ4n) is 3.17. The first-order chi connectivity index (χ1) is 16.3. The van der Waals surface area contributed by atoms with E-state index in [0.717, 1.165) is 24.5 Å². The number of alkyl halides is 3. The predicted octanol–water partition coefficient (Wildman–Crippen LogP) is 6.34. The van der Waals surface area contributed by atoms with E-state index in [0.29, 0.717) is 18.1 Å². The molecule has 1 atom stereocenters. The number of nitrogens with zero attached hydrogens (tertiary/aromatic N) is 3. The maximum absolute atomic E-state index is 14.3. The Hall–Kier alpha value is -3.46. The topological polar surface area (TPSA) is 70.3 Å². The van der Waals surface area contributed by atoms with Crippen molar-refractivity contribution in [1.29, 1.82) is 0 Å². The molecule has 0 spiro atoms. The third-order valence-electron chi connectivity index (χ3n) is 5.05. The van der Waals surface area contributed by atoms with E-state index in [4.69, 9.17) is 13.9 Å². The summed E-state index contributed by atoms with van der Waals surface area (Å²) in [5.41, 5.74) is -1.33. The number of rotatable bonds is 12. The molecule has 9 heteroatoms. The molecule has 0 radical (unpaired) electrons. The van der Waals surface area contributed by atoms with Gasteiger partial charge in [-0.15, -0.1) is 23.4 Å². The Bertz CT molecular complexity index is 1100. The van der Waals surface area contributed by atoms with E-state index in [1.807, 2.05) is 6.92 Å². The van der Waals surface area contributed by atoms with Gasteiger partial charge in [0.15, 0.2) is 0 Å². The minimum absolute atomic E-state index is 0.174. The van der Waals surface area contributed by atoms with Crippen LogP contribution in [0.1, 0.15) is 36.3 Å². The molecule has 3 rings (SSSR count). The Kier molecular flexibility index (Phi) is 8.22. The highest BCUT2D eigenvalue weighted by Crippen LogP contribution is 2.45. The van der Waals surface area contributed by atoms with E-state index in [1.54, 1.807) is 48.5 Å². The van der Waals surface area contributed by atoms with Gasteiger partial charge >= 0.3 is 6.18 Å². The Balaban J connectivity index is 1.92. The first-order valence-electron chi connectivity index (χ1n) is 10.7. The molecular formula is C25H26F3N3O3. The number of pyridine rings is 1. The molecule has 0 saturated heterocycles.